The van der Waals surface area contributed by atoms with Crippen LogP contribution in [0.2, 0.25) is 0 Å². The van der Waals surface area contributed by atoms with Crippen LogP contribution in [0.1, 0.15) is 11.1 Å². The molecular weight excluding hydrogens is 346 g/mol. The Bertz CT molecular complexity index is 885. The summed E-state index contributed by atoms with van der Waals surface area (Å²) in [6.07, 6.45) is 0. The van der Waals surface area contributed by atoms with Gasteiger partial charge >= 0.3 is 5.63 Å². The summed E-state index contributed by atoms with van der Waals surface area (Å²) in [5.74, 6) is 0.119. The Balaban J connectivity index is 1.98. The molecule has 112 valence electrons. The zero-order chi connectivity index (χ0) is 15.7. The second-order valence-corrected chi connectivity index (χ2v) is 5.95. The SMILES string of the molecule is Cc1c(O)ccc2c(CNc3ccc(Br)cc3)cc(=O)oc12. The fraction of sp³-hybridized carbons (Fsp3) is 0.118. The monoisotopic (exact) mass is 359 g/mol. The molecule has 0 aliphatic heterocycles. The highest BCUT2D eigenvalue weighted by Gasteiger charge is 2.10. The number of aryl methyl sites for hydroxylation is 1. The Hall–Kier alpha value is -2.27. The highest BCUT2D eigenvalue weighted by atomic mass is 79.9. The summed E-state index contributed by atoms with van der Waals surface area (Å²) >= 11 is 3.39. The Labute approximate surface area is 135 Å². The molecule has 22 heavy (non-hydrogen) atoms. The molecule has 5 heteroatoms. The average Bonchev–Trinajstić information content (AvgIpc) is 2.50. The second-order valence-electron chi connectivity index (χ2n) is 5.04. The van der Waals surface area contributed by atoms with Crippen LogP contribution in [0.15, 0.2) is 56.1 Å². The molecule has 0 amide bonds. The van der Waals surface area contributed by atoms with E-state index in [1.807, 2.05) is 24.3 Å². The molecule has 4 nitrogen and oxygen atoms in total. The maximum absolute atomic E-state index is 11.7. The minimum Gasteiger partial charge on any atom is -0.508 e. The Morgan fingerprint density at radius 3 is 2.64 bits per heavy atom. The zero-order valence-electron chi connectivity index (χ0n) is 11.9. The Morgan fingerprint density at radius 1 is 1.18 bits per heavy atom. The molecule has 0 atom stereocenters. The predicted molar refractivity (Wildman–Crippen MR) is 90.4 cm³/mol. The average molecular weight is 360 g/mol. The molecule has 3 aromatic rings. The first-order valence-electron chi connectivity index (χ1n) is 6.79. The lowest BCUT2D eigenvalue weighted by molar-refractivity contribution is 0.468. The van der Waals surface area contributed by atoms with Crippen LogP contribution in [-0.4, -0.2) is 5.11 Å². The molecule has 0 unspecified atom stereocenters. The smallest absolute Gasteiger partial charge is 0.336 e. The van der Waals surface area contributed by atoms with E-state index >= 15 is 0 Å². The van der Waals surface area contributed by atoms with E-state index in [0.29, 0.717) is 17.7 Å². The number of phenols is 1. The molecule has 3 rings (SSSR count). The van der Waals surface area contributed by atoms with Crippen molar-refractivity contribution in [2.75, 3.05) is 5.32 Å². The minimum absolute atomic E-state index is 0.119. The van der Waals surface area contributed by atoms with Crippen LogP contribution >= 0.6 is 15.9 Å². The summed E-state index contributed by atoms with van der Waals surface area (Å²) in [7, 11) is 0. The molecule has 2 aromatic carbocycles. The van der Waals surface area contributed by atoms with Crippen molar-refractivity contribution in [2.45, 2.75) is 13.5 Å². The van der Waals surface area contributed by atoms with Crippen molar-refractivity contribution >= 4 is 32.6 Å². The van der Waals surface area contributed by atoms with Gasteiger partial charge in [-0.1, -0.05) is 15.9 Å². The minimum atomic E-state index is -0.422. The quantitative estimate of drug-likeness (QED) is 0.688. The molecule has 0 saturated heterocycles. The largest absolute Gasteiger partial charge is 0.508 e. The fourth-order valence-electron chi connectivity index (χ4n) is 2.33. The number of halogens is 1. The zero-order valence-corrected chi connectivity index (χ0v) is 13.5. The van der Waals surface area contributed by atoms with Crippen LogP contribution in [0, 0.1) is 6.92 Å². The van der Waals surface area contributed by atoms with Crippen LogP contribution in [0.25, 0.3) is 11.0 Å². The van der Waals surface area contributed by atoms with Gasteiger partial charge in [0.15, 0.2) is 0 Å². The molecule has 0 aliphatic rings. The third-order valence-electron chi connectivity index (χ3n) is 3.55. The third-order valence-corrected chi connectivity index (χ3v) is 4.07. The summed E-state index contributed by atoms with van der Waals surface area (Å²) in [5.41, 5.74) is 2.37. The lowest BCUT2D eigenvalue weighted by Gasteiger charge is -2.10. The lowest BCUT2D eigenvalue weighted by Crippen LogP contribution is -2.06. The van der Waals surface area contributed by atoms with Crippen molar-refractivity contribution in [3.05, 3.63) is 68.5 Å². The topological polar surface area (TPSA) is 62.5 Å². The van der Waals surface area contributed by atoms with Gasteiger partial charge in [0.25, 0.3) is 0 Å². The van der Waals surface area contributed by atoms with Gasteiger partial charge < -0.3 is 14.8 Å². The first-order valence-corrected chi connectivity index (χ1v) is 7.58. The van der Waals surface area contributed by atoms with Crippen LogP contribution in [0.4, 0.5) is 5.69 Å². The normalized spacial score (nSPS) is 10.8. The first kappa shape index (κ1) is 14.7. The fourth-order valence-corrected chi connectivity index (χ4v) is 2.59. The number of benzene rings is 2. The van der Waals surface area contributed by atoms with E-state index in [-0.39, 0.29) is 5.75 Å². The van der Waals surface area contributed by atoms with Crippen molar-refractivity contribution in [1.29, 1.82) is 0 Å². The van der Waals surface area contributed by atoms with E-state index in [9.17, 15) is 9.90 Å². The number of hydrogen-bond donors (Lipinski definition) is 2. The van der Waals surface area contributed by atoms with E-state index in [1.54, 1.807) is 19.1 Å². The first-order chi connectivity index (χ1) is 10.5. The van der Waals surface area contributed by atoms with Gasteiger partial charge in [-0.25, -0.2) is 4.79 Å². The summed E-state index contributed by atoms with van der Waals surface area (Å²) < 4.78 is 6.24. The van der Waals surface area contributed by atoms with Crippen LogP contribution in [0.5, 0.6) is 5.75 Å². The van der Waals surface area contributed by atoms with Crippen LogP contribution in [0.3, 0.4) is 0 Å². The van der Waals surface area contributed by atoms with Crippen molar-refractivity contribution in [3.8, 4) is 5.75 Å². The standard InChI is InChI=1S/C17H14BrNO3/c1-10-15(20)7-6-14-11(8-16(21)22-17(10)14)9-19-13-4-2-12(18)3-5-13/h2-8,19-20H,9H2,1H3. The summed E-state index contributed by atoms with van der Waals surface area (Å²) in [5, 5.41) is 13.8. The Morgan fingerprint density at radius 2 is 1.91 bits per heavy atom. The van der Waals surface area contributed by atoms with E-state index in [1.165, 1.54) is 6.07 Å². The number of aromatic hydroxyl groups is 1. The van der Waals surface area contributed by atoms with Gasteiger partial charge in [-0.3, -0.25) is 0 Å². The molecule has 2 N–H and O–H groups in total. The van der Waals surface area contributed by atoms with E-state index in [2.05, 4.69) is 21.2 Å². The van der Waals surface area contributed by atoms with E-state index in [0.717, 1.165) is 21.1 Å². The maximum atomic E-state index is 11.7. The molecule has 0 bridgehead atoms. The Kier molecular flexibility index (Phi) is 3.90. The van der Waals surface area contributed by atoms with E-state index in [4.69, 9.17) is 4.42 Å². The molecule has 0 fully saturated rings. The number of hydrogen-bond acceptors (Lipinski definition) is 4. The van der Waals surface area contributed by atoms with Gasteiger partial charge in [0.05, 0.1) is 0 Å². The molecule has 0 radical (unpaired) electrons. The van der Waals surface area contributed by atoms with Crippen molar-refractivity contribution in [3.63, 3.8) is 0 Å². The number of nitrogens with one attached hydrogen (secondary N) is 1. The van der Waals surface area contributed by atoms with E-state index < -0.39 is 5.63 Å². The van der Waals surface area contributed by atoms with Gasteiger partial charge in [0.2, 0.25) is 0 Å². The molecular formula is C17H14BrNO3. The van der Waals surface area contributed by atoms with Crippen LogP contribution < -0.4 is 10.9 Å². The van der Waals surface area contributed by atoms with Gasteiger partial charge in [0, 0.05) is 33.7 Å². The van der Waals surface area contributed by atoms with Crippen molar-refractivity contribution < 1.29 is 9.52 Å². The lowest BCUT2D eigenvalue weighted by atomic mass is 10.1. The van der Waals surface area contributed by atoms with Crippen LogP contribution in [-0.2, 0) is 6.54 Å². The van der Waals surface area contributed by atoms with Gasteiger partial charge in [-0.15, -0.1) is 0 Å². The number of rotatable bonds is 3. The second kappa shape index (κ2) is 5.85. The molecule has 1 aromatic heterocycles. The molecule has 0 aliphatic carbocycles. The predicted octanol–water partition coefficient (Wildman–Crippen LogP) is 4.18. The number of phenolic OH excluding ortho intramolecular Hbond substituents is 1. The van der Waals surface area contributed by atoms with Gasteiger partial charge in [0.1, 0.15) is 11.3 Å². The third kappa shape index (κ3) is 2.85. The molecule has 1 heterocycles. The number of fused-ring (bicyclic) bond motifs is 1. The summed E-state index contributed by atoms with van der Waals surface area (Å²) in [6.45, 7) is 2.22. The van der Waals surface area contributed by atoms with Crippen molar-refractivity contribution in [1.82, 2.24) is 0 Å². The molecule has 0 spiro atoms. The van der Waals surface area contributed by atoms with Gasteiger partial charge in [-0.05, 0) is 48.9 Å². The summed E-state index contributed by atoms with van der Waals surface area (Å²) in [6, 6.07) is 12.7. The highest BCUT2D eigenvalue weighted by molar-refractivity contribution is 9.10. The highest BCUT2D eigenvalue weighted by Crippen LogP contribution is 2.27. The number of anilines is 1. The maximum Gasteiger partial charge on any atom is 0.336 e. The van der Waals surface area contributed by atoms with Gasteiger partial charge in [-0.2, -0.15) is 0 Å². The summed E-state index contributed by atoms with van der Waals surface area (Å²) in [4.78, 5) is 11.7. The van der Waals surface area contributed by atoms with Crippen molar-refractivity contribution in [2.24, 2.45) is 0 Å². The molecule has 0 saturated carbocycles.